The summed E-state index contributed by atoms with van der Waals surface area (Å²) in [6.45, 7) is 2.11. The Morgan fingerprint density at radius 2 is 2.04 bits per heavy atom. The van der Waals surface area contributed by atoms with E-state index < -0.39 is 5.97 Å². The maximum atomic E-state index is 10.4. The Morgan fingerprint density at radius 3 is 2.74 bits per heavy atom. The molecule has 4 atom stereocenters. The normalized spacial score (nSPS) is 26.3. The van der Waals surface area contributed by atoms with Gasteiger partial charge in [0.05, 0.1) is 12.2 Å². The Labute approximate surface area is 139 Å². The summed E-state index contributed by atoms with van der Waals surface area (Å²) < 4.78 is 0. The Kier molecular flexibility index (Phi) is 9.88. The second-order valence-corrected chi connectivity index (χ2v) is 6.56. The highest BCUT2D eigenvalue weighted by Crippen LogP contribution is 2.36. The highest BCUT2D eigenvalue weighted by molar-refractivity contribution is 5.66. The Bertz CT molecular complexity index is 389. The summed E-state index contributed by atoms with van der Waals surface area (Å²) in [5, 5.41) is 28.6. The molecule has 0 amide bonds. The van der Waals surface area contributed by atoms with Gasteiger partial charge in [-0.05, 0) is 50.4 Å². The third-order valence-electron chi connectivity index (χ3n) is 4.61. The zero-order valence-corrected chi connectivity index (χ0v) is 14.2. The lowest BCUT2D eigenvalue weighted by Gasteiger charge is -2.18. The molecule has 4 nitrogen and oxygen atoms in total. The maximum Gasteiger partial charge on any atom is 0.303 e. The fourth-order valence-electron chi connectivity index (χ4n) is 3.17. The first-order valence-corrected chi connectivity index (χ1v) is 8.95. The molecule has 4 heteroatoms. The predicted molar refractivity (Wildman–Crippen MR) is 92.1 cm³/mol. The van der Waals surface area contributed by atoms with Crippen LogP contribution in [0.5, 0.6) is 0 Å². The second-order valence-electron chi connectivity index (χ2n) is 6.56. The number of carboxylic acids is 1. The molecular formula is C19H32O4. The van der Waals surface area contributed by atoms with E-state index in [2.05, 4.69) is 19.1 Å². The molecule has 3 N–H and O–H groups in total. The van der Waals surface area contributed by atoms with E-state index in [0.29, 0.717) is 12.3 Å². The quantitative estimate of drug-likeness (QED) is 0.400. The molecule has 0 saturated heterocycles. The summed E-state index contributed by atoms with van der Waals surface area (Å²) >= 11 is 0. The molecule has 0 aromatic carbocycles. The van der Waals surface area contributed by atoms with E-state index >= 15 is 0 Å². The van der Waals surface area contributed by atoms with Gasteiger partial charge in [-0.1, -0.05) is 44.1 Å². The molecule has 0 aromatic heterocycles. The van der Waals surface area contributed by atoms with Crippen LogP contribution in [0.3, 0.4) is 0 Å². The van der Waals surface area contributed by atoms with Crippen molar-refractivity contribution in [2.24, 2.45) is 11.8 Å². The van der Waals surface area contributed by atoms with Crippen molar-refractivity contribution < 1.29 is 20.1 Å². The summed E-state index contributed by atoms with van der Waals surface area (Å²) in [4.78, 5) is 10.4. The van der Waals surface area contributed by atoms with Crippen LogP contribution in [0.25, 0.3) is 0 Å². The number of aliphatic carboxylic acids is 1. The number of unbranched alkanes of at least 4 members (excludes halogenated alkanes) is 2. The van der Waals surface area contributed by atoms with Gasteiger partial charge in [-0.3, -0.25) is 4.79 Å². The number of hydrogen-bond acceptors (Lipinski definition) is 3. The lowest BCUT2D eigenvalue weighted by atomic mass is 9.90. The minimum Gasteiger partial charge on any atom is -0.481 e. The molecule has 0 radical (unpaired) electrons. The first-order chi connectivity index (χ1) is 11.0. The van der Waals surface area contributed by atoms with Gasteiger partial charge in [-0.15, -0.1) is 0 Å². The van der Waals surface area contributed by atoms with Crippen molar-refractivity contribution in [3.63, 3.8) is 0 Å². The van der Waals surface area contributed by atoms with Crippen molar-refractivity contribution in [2.75, 3.05) is 0 Å². The van der Waals surface area contributed by atoms with E-state index in [1.165, 1.54) is 0 Å². The number of allylic oxidation sites excluding steroid dienone is 3. The monoisotopic (exact) mass is 324 g/mol. The van der Waals surface area contributed by atoms with E-state index in [0.717, 1.165) is 44.9 Å². The van der Waals surface area contributed by atoms with Crippen molar-refractivity contribution in [1.29, 1.82) is 0 Å². The lowest BCUT2D eigenvalue weighted by molar-refractivity contribution is -0.137. The molecule has 4 unspecified atom stereocenters. The average Bonchev–Trinajstić information content (AvgIpc) is 2.86. The largest absolute Gasteiger partial charge is 0.481 e. The average molecular weight is 324 g/mol. The summed E-state index contributed by atoms with van der Waals surface area (Å²) in [6, 6.07) is 0. The zero-order chi connectivity index (χ0) is 17.1. The fourth-order valence-corrected chi connectivity index (χ4v) is 3.17. The van der Waals surface area contributed by atoms with Gasteiger partial charge in [0, 0.05) is 6.42 Å². The zero-order valence-electron chi connectivity index (χ0n) is 14.2. The molecule has 1 aliphatic carbocycles. The third kappa shape index (κ3) is 8.33. The minimum absolute atomic E-state index is 0.206. The topological polar surface area (TPSA) is 77.8 Å². The van der Waals surface area contributed by atoms with Crippen LogP contribution < -0.4 is 0 Å². The number of carbonyl (C=O) groups is 1. The van der Waals surface area contributed by atoms with Crippen LogP contribution in [0.15, 0.2) is 24.3 Å². The number of hydrogen-bond donors (Lipinski definition) is 3. The minimum atomic E-state index is -0.753. The molecule has 0 aliphatic heterocycles. The van der Waals surface area contributed by atoms with E-state index in [9.17, 15) is 15.0 Å². The molecule has 0 heterocycles. The highest BCUT2D eigenvalue weighted by atomic mass is 16.4. The Balaban J connectivity index is 2.37. The van der Waals surface area contributed by atoms with Gasteiger partial charge in [-0.25, -0.2) is 0 Å². The van der Waals surface area contributed by atoms with Gasteiger partial charge in [-0.2, -0.15) is 0 Å². The SMILES string of the molecule is CCCCC(O)C=CC1CCC(O)C1CC=CCCCC(=O)O. The van der Waals surface area contributed by atoms with Crippen LogP contribution in [-0.4, -0.2) is 33.5 Å². The maximum absolute atomic E-state index is 10.4. The summed E-state index contributed by atoms with van der Waals surface area (Å²) in [6.07, 6.45) is 14.6. The van der Waals surface area contributed by atoms with Gasteiger partial charge in [0.2, 0.25) is 0 Å². The molecule has 1 fully saturated rings. The Hall–Kier alpha value is -1.13. The van der Waals surface area contributed by atoms with Gasteiger partial charge in [0.1, 0.15) is 0 Å². The summed E-state index contributed by atoms with van der Waals surface area (Å²) in [5.41, 5.74) is 0. The van der Waals surface area contributed by atoms with Crippen LogP contribution in [-0.2, 0) is 4.79 Å². The molecule has 23 heavy (non-hydrogen) atoms. The van der Waals surface area contributed by atoms with Crippen LogP contribution in [0.4, 0.5) is 0 Å². The predicted octanol–water partition coefficient (Wildman–Crippen LogP) is 3.68. The number of aliphatic hydroxyl groups is 2. The van der Waals surface area contributed by atoms with E-state index in [-0.39, 0.29) is 24.5 Å². The molecular weight excluding hydrogens is 292 g/mol. The fraction of sp³-hybridized carbons (Fsp3) is 0.737. The van der Waals surface area contributed by atoms with Gasteiger partial charge in [0.25, 0.3) is 0 Å². The standard InChI is InChI=1S/C19H32O4/c1-2-3-8-16(20)13-11-15-12-14-18(21)17(15)9-6-4-5-7-10-19(22)23/h4,6,11,13,15-18,20-21H,2-3,5,7-10,12,14H2,1H3,(H,22,23). The van der Waals surface area contributed by atoms with E-state index in [4.69, 9.17) is 5.11 Å². The number of carboxylic acid groups (broad SMARTS) is 1. The lowest BCUT2D eigenvalue weighted by Crippen LogP contribution is -2.17. The Morgan fingerprint density at radius 1 is 1.26 bits per heavy atom. The van der Waals surface area contributed by atoms with Crippen LogP contribution in [0.2, 0.25) is 0 Å². The van der Waals surface area contributed by atoms with E-state index in [1.807, 2.05) is 12.2 Å². The van der Waals surface area contributed by atoms with E-state index in [1.54, 1.807) is 0 Å². The first kappa shape index (κ1) is 19.9. The van der Waals surface area contributed by atoms with Crippen molar-refractivity contribution >= 4 is 5.97 Å². The van der Waals surface area contributed by atoms with Crippen molar-refractivity contribution in [1.82, 2.24) is 0 Å². The first-order valence-electron chi connectivity index (χ1n) is 8.95. The van der Waals surface area contributed by atoms with Crippen molar-refractivity contribution in [2.45, 2.75) is 76.9 Å². The van der Waals surface area contributed by atoms with Crippen molar-refractivity contribution in [3.05, 3.63) is 24.3 Å². The molecule has 1 saturated carbocycles. The smallest absolute Gasteiger partial charge is 0.303 e. The molecule has 0 bridgehead atoms. The highest BCUT2D eigenvalue weighted by Gasteiger charge is 2.32. The molecule has 1 rings (SSSR count). The summed E-state index contributed by atoms with van der Waals surface area (Å²) in [7, 11) is 0. The third-order valence-corrected chi connectivity index (χ3v) is 4.61. The van der Waals surface area contributed by atoms with Gasteiger partial charge in [0.15, 0.2) is 0 Å². The molecule has 0 aromatic rings. The molecule has 0 spiro atoms. The van der Waals surface area contributed by atoms with Crippen LogP contribution >= 0.6 is 0 Å². The second kappa shape index (κ2) is 11.4. The van der Waals surface area contributed by atoms with Crippen molar-refractivity contribution in [3.8, 4) is 0 Å². The number of aliphatic hydroxyl groups excluding tert-OH is 2. The summed E-state index contributed by atoms with van der Waals surface area (Å²) in [5.74, 6) is -0.221. The van der Waals surface area contributed by atoms with Gasteiger partial charge < -0.3 is 15.3 Å². The number of rotatable bonds is 11. The molecule has 1 aliphatic rings. The van der Waals surface area contributed by atoms with Crippen LogP contribution in [0, 0.1) is 11.8 Å². The molecule has 132 valence electrons. The van der Waals surface area contributed by atoms with Gasteiger partial charge >= 0.3 is 5.97 Å². The van der Waals surface area contributed by atoms with Crippen LogP contribution in [0.1, 0.15) is 64.7 Å².